The molecule has 1 aliphatic rings. The number of aliphatic imine (C=N–C) groups is 1. The number of ether oxygens (including phenoxy) is 1. The third-order valence-electron chi connectivity index (χ3n) is 4.46. The van der Waals surface area contributed by atoms with Gasteiger partial charge in [0, 0.05) is 18.5 Å². The van der Waals surface area contributed by atoms with Crippen LogP contribution in [0.25, 0.3) is 0 Å². The molecule has 1 aromatic carbocycles. The van der Waals surface area contributed by atoms with Crippen molar-refractivity contribution < 1.29 is 9.66 Å². The fourth-order valence-electron chi connectivity index (χ4n) is 3.25. The Morgan fingerprint density at radius 2 is 2.25 bits per heavy atom. The maximum Gasteiger partial charge on any atom is 0.306 e. The van der Waals surface area contributed by atoms with E-state index in [0.717, 1.165) is 24.3 Å². The highest BCUT2D eigenvalue weighted by molar-refractivity contribution is 5.80. The largest absolute Gasteiger partial charge is 0.487 e. The molecule has 2 aromatic rings. The van der Waals surface area contributed by atoms with E-state index in [-0.39, 0.29) is 17.3 Å². The lowest BCUT2D eigenvalue weighted by molar-refractivity contribution is -0.385. The normalized spacial score (nSPS) is 18.1. The molecule has 0 saturated carbocycles. The van der Waals surface area contributed by atoms with Gasteiger partial charge in [-0.25, -0.2) is 0 Å². The number of hydrogen-bond acceptors (Lipinski definition) is 5. The molecular formula is C19H26N6O3. The van der Waals surface area contributed by atoms with Crippen LogP contribution in [0, 0.1) is 10.1 Å². The van der Waals surface area contributed by atoms with Gasteiger partial charge >= 0.3 is 5.69 Å². The molecule has 3 rings (SSSR count). The van der Waals surface area contributed by atoms with E-state index in [0.29, 0.717) is 19.0 Å². The van der Waals surface area contributed by atoms with Crippen molar-refractivity contribution in [2.24, 2.45) is 4.99 Å². The van der Waals surface area contributed by atoms with Crippen LogP contribution in [0.4, 0.5) is 5.69 Å². The fourth-order valence-corrected chi connectivity index (χ4v) is 3.25. The average Bonchev–Trinajstić information content (AvgIpc) is 3.10. The Bertz CT molecular complexity index is 861. The molecule has 2 heterocycles. The summed E-state index contributed by atoms with van der Waals surface area (Å²) in [6.45, 7) is 7.80. The van der Waals surface area contributed by atoms with Gasteiger partial charge in [-0.1, -0.05) is 18.2 Å². The Hall–Kier alpha value is -3.10. The van der Waals surface area contributed by atoms with Crippen LogP contribution < -0.4 is 15.4 Å². The Labute approximate surface area is 164 Å². The zero-order chi connectivity index (χ0) is 20.1. The van der Waals surface area contributed by atoms with Crippen molar-refractivity contribution in [1.82, 2.24) is 20.4 Å². The Kier molecular flexibility index (Phi) is 5.81. The molecule has 0 saturated heterocycles. The zero-order valence-electron chi connectivity index (χ0n) is 16.4. The summed E-state index contributed by atoms with van der Waals surface area (Å²) in [5, 5.41) is 21.5. The third-order valence-corrected chi connectivity index (χ3v) is 4.46. The van der Waals surface area contributed by atoms with Crippen molar-refractivity contribution in [1.29, 1.82) is 0 Å². The van der Waals surface area contributed by atoms with E-state index in [1.54, 1.807) is 0 Å². The number of aromatic nitrogens is 2. The molecule has 150 valence electrons. The van der Waals surface area contributed by atoms with E-state index in [1.807, 2.05) is 25.1 Å². The van der Waals surface area contributed by atoms with Crippen molar-refractivity contribution in [3.8, 4) is 5.75 Å². The van der Waals surface area contributed by atoms with Gasteiger partial charge in [-0.3, -0.25) is 19.8 Å². The molecular weight excluding hydrogens is 360 g/mol. The number of nitrogens with zero attached hydrogens (tertiary/aromatic N) is 4. The molecule has 2 N–H and O–H groups in total. The smallest absolute Gasteiger partial charge is 0.306 e. The van der Waals surface area contributed by atoms with Crippen LogP contribution >= 0.6 is 0 Å². The number of rotatable bonds is 6. The van der Waals surface area contributed by atoms with Crippen LogP contribution in [0.3, 0.4) is 0 Å². The topological polar surface area (TPSA) is 107 Å². The Morgan fingerprint density at radius 1 is 1.46 bits per heavy atom. The highest BCUT2D eigenvalue weighted by atomic mass is 16.6. The second-order valence-corrected chi connectivity index (χ2v) is 7.28. The molecule has 9 nitrogen and oxygen atoms in total. The van der Waals surface area contributed by atoms with Gasteiger partial charge in [0.1, 0.15) is 23.7 Å². The summed E-state index contributed by atoms with van der Waals surface area (Å²) in [6.07, 6.45) is 3.46. The lowest BCUT2D eigenvalue weighted by Gasteiger charge is -2.38. The molecule has 9 heteroatoms. The predicted molar refractivity (Wildman–Crippen MR) is 107 cm³/mol. The minimum absolute atomic E-state index is 0.0185. The first-order chi connectivity index (χ1) is 13.4. The number of para-hydroxylation sites is 1. The van der Waals surface area contributed by atoms with Crippen LogP contribution in [-0.4, -0.2) is 39.4 Å². The number of fused-ring (bicyclic) bond motifs is 1. The van der Waals surface area contributed by atoms with E-state index >= 15 is 0 Å². The summed E-state index contributed by atoms with van der Waals surface area (Å²) in [6, 6.07) is 8.10. The van der Waals surface area contributed by atoms with E-state index in [1.165, 1.54) is 17.1 Å². The fraction of sp³-hybridized carbons (Fsp3) is 0.474. The maximum atomic E-state index is 10.8. The van der Waals surface area contributed by atoms with Gasteiger partial charge in [0.25, 0.3) is 0 Å². The molecule has 0 spiro atoms. The first-order valence-electron chi connectivity index (χ1n) is 9.37. The van der Waals surface area contributed by atoms with Crippen molar-refractivity contribution in [2.45, 2.75) is 45.4 Å². The molecule has 0 fully saturated rings. The summed E-state index contributed by atoms with van der Waals surface area (Å²) >= 11 is 0. The standard InChI is InChI=1S/C19H26N6O3/c1-4-20-18(21-9-10-24-13-14(12-22-24)25(26)27)23-16-11-19(2,3)28-17-8-6-5-7-15(16)17/h5-8,12-13,16H,4,9-11H2,1-3H3,(H2,20,21,23). The van der Waals surface area contributed by atoms with Crippen molar-refractivity contribution in [3.63, 3.8) is 0 Å². The van der Waals surface area contributed by atoms with Gasteiger partial charge in [-0.15, -0.1) is 0 Å². The van der Waals surface area contributed by atoms with Gasteiger partial charge in [0.05, 0.1) is 24.1 Å². The third kappa shape index (κ3) is 4.79. The maximum absolute atomic E-state index is 10.8. The molecule has 1 unspecified atom stereocenters. The monoisotopic (exact) mass is 386 g/mol. The molecule has 0 aliphatic carbocycles. The van der Waals surface area contributed by atoms with Crippen LogP contribution in [0.2, 0.25) is 0 Å². The van der Waals surface area contributed by atoms with Crippen molar-refractivity contribution >= 4 is 11.6 Å². The molecule has 1 aromatic heterocycles. The second kappa shape index (κ2) is 8.28. The highest BCUT2D eigenvalue weighted by Crippen LogP contribution is 2.39. The van der Waals surface area contributed by atoms with Gasteiger partial charge in [0.15, 0.2) is 5.96 Å². The number of benzene rings is 1. The number of hydrogen-bond donors (Lipinski definition) is 2. The van der Waals surface area contributed by atoms with Crippen LogP contribution in [0.15, 0.2) is 41.7 Å². The molecule has 0 bridgehead atoms. The Balaban J connectivity index is 1.69. The predicted octanol–water partition coefficient (Wildman–Crippen LogP) is 2.65. The lowest BCUT2D eigenvalue weighted by atomic mass is 9.90. The molecule has 0 amide bonds. The van der Waals surface area contributed by atoms with Crippen LogP contribution in [0.1, 0.15) is 38.8 Å². The van der Waals surface area contributed by atoms with E-state index in [4.69, 9.17) is 4.74 Å². The quantitative estimate of drug-likeness (QED) is 0.342. The van der Waals surface area contributed by atoms with Crippen LogP contribution in [0.5, 0.6) is 5.75 Å². The van der Waals surface area contributed by atoms with Crippen LogP contribution in [-0.2, 0) is 6.54 Å². The zero-order valence-corrected chi connectivity index (χ0v) is 16.4. The van der Waals surface area contributed by atoms with E-state index in [2.05, 4.69) is 40.6 Å². The van der Waals surface area contributed by atoms with Crippen molar-refractivity contribution in [2.75, 3.05) is 13.1 Å². The highest BCUT2D eigenvalue weighted by Gasteiger charge is 2.33. The second-order valence-electron chi connectivity index (χ2n) is 7.28. The summed E-state index contributed by atoms with van der Waals surface area (Å²) in [7, 11) is 0. The summed E-state index contributed by atoms with van der Waals surface area (Å²) < 4.78 is 7.61. The molecule has 1 aliphatic heterocycles. The van der Waals surface area contributed by atoms with E-state index < -0.39 is 4.92 Å². The van der Waals surface area contributed by atoms with Crippen molar-refractivity contribution in [3.05, 3.63) is 52.3 Å². The summed E-state index contributed by atoms with van der Waals surface area (Å²) in [4.78, 5) is 14.9. The number of guanidine groups is 1. The minimum Gasteiger partial charge on any atom is -0.487 e. The Morgan fingerprint density at radius 3 is 2.96 bits per heavy atom. The summed E-state index contributed by atoms with van der Waals surface area (Å²) in [5.74, 6) is 1.58. The summed E-state index contributed by atoms with van der Waals surface area (Å²) in [5.41, 5.74) is 0.808. The van der Waals surface area contributed by atoms with E-state index in [9.17, 15) is 10.1 Å². The molecule has 0 radical (unpaired) electrons. The molecule has 28 heavy (non-hydrogen) atoms. The lowest BCUT2D eigenvalue weighted by Crippen LogP contribution is -2.45. The SMILES string of the molecule is CCNC(=NCCn1cc([N+](=O)[O-])cn1)NC1CC(C)(C)Oc2ccccc21. The average molecular weight is 386 g/mol. The van der Waals surface area contributed by atoms with Gasteiger partial charge in [-0.05, 0) is 26.8 Å². The number of nitro groups is 1. The van der Waals surface area contributed by atoms with Gasteiger partial charge < -0.3 is 15.4 Å². The number of nitrogens with one attached hydrogen (secondary N) is 2. The van der Waals surface area contributed by atoms with Gasteiger partial charge in [0.2, 0.25) is 0 Å². The first kappa shape index (κ1) is 19.7. The minimum atomic E-state index is -0.456. The van der Waals surface area contributed by atoms with Gasteiger partial charge in [-0.2, -0.15) is 5.10 Å². The first-order valence-corrected chi connectivity index (χ1v) is 9.37. The molecule has 1 atom stereocenters.